The van der Waals surface area contributed by atoms with Crippen LogP contribution in [0.25, 0.3) is 0 Å². The molecule has 0 radical (unpaired) electrons. The van der Waals surface area contributed by atoms with Crippen LogP contribution >= 0.6 is 0 Å². The highest BCUT2D eigenvalue weighted by atomic mass is 32.2. The average Bonchev–Trinajstić information content (AvgIpc) is 2.86. The predicted octanol–water partition coefficient (Wildman–Crippen LogP) is 5.04. The Morgan fingerprint density at radius 2 is 1.41 bits per heavy atom. The van der Waals surface area contributed by atoms with Crippen molar-refractivity contribution in [2.45, 2.75) is 4.90 Å². The van der Waals surface area contributed by atoms with Crippen molar-refractivity contribution in [1.29, 1.82) is 0 Å². The molecule has 0 saturated carbocycles. The molecule has 0 aliphatic rings. The van der Waals surface area contributed by atoms with E-state index in [4.69, 9.17) is 4.74 Å². The third-order valence-corrected chi connectivity index (χ3v) is 6.07. The van der Waals surface area contributed by atoms with Crippen LogP contribution in [0, 0.1) is 0 Å². The molecular weight excluding hydrogens is 450 g/mol. The van der Waals surface area contributed by atoms with Crippen LogP contribution in [-0.4, -0.2) is 20.5 Å². The van der Waals surface area contributed by atoms with E-state index < -0.39 is 15.9 Å². The number of hydrogen-bond acceptors (Lipinski definition) is 5. The molecule has 8 heteroatoms. The van der Waals surface area contributed by atoms with E-state index in [2.05, 4.69) is 15.2 Å². The summed E-state index contributed by atoms with van der Waals surface area (Å²) in [4.78, 5) is 12.5. The molecule has 4 rings (SSSR count). The smallest absolute Gasteiger partial charge is 0.271 e. The van der Waals surface area contributed by atoms with Gasteiger partial charge in [0.1, 0.15) is 11.5 Å². The summed E-state index contributed by atoms with van der Waals surface area (Å²) in [6.07, 6.45) is 1.51. The molecule has 0 heterocycles. The number of anilines is 1. The summed E-state index contributed by atoms with van der Waals surface area (Å²) in [5.74, 6) is 0.944. The molecule has 0 bridgehead atoms. The zero-order chi connectivity index (χ0) is 23.8. The van der Waals surface area contributed by atoms with Gasteiger partial charge in [0.25, 0.3) is 15.9 Å². The summed E-state index contributed by atoms with van der Waals surface area (Å²) < 4.78 is 33.1. The summed E-state index contributed by atoms with van der Waals surface area (Å²) in [5, 5.41) is 4.00. The van der Waals surface area contributed by atoms with Gasteiger partial charge in [-0.2, -0.15) is 5.10 Å². The molecule has 0 atom stereocenters. The van der Waals surface area contributed by atoms with Gasteiger partial charge in [-0.3, -0.25) is 9.52 Å². The Morgan fingerprint density at radius 1 is 0.765 bits per heavy atom. The second-order valence-corrected chi connectivity index (χ2v) is 8.87. The van der Waals surface area contributed by atoms with E-state index in [0.29, 0.717) is 17.0 Å². The Hall–Kier alpha value is -4.43. The molecule has 0 unspecified atom stereocenters. The van der Waals surface area contributed by atoms with Crippen LogP contribution in [0.1, 0.15) is 15.9 Å². The van der Waals surface area contributed by atoms with E-state index >= 15 is 0 Å². The van der Waals surface area contributed by atoms with E-state index in [1.807, 2.05) is 48.5 Å². The fraction of sp³-hybridized carbons (Fsp3) is 0. The van der Waals surface area contributed by atoms with Gasteiger partial charge in [-0.25, -0.2) is 13.8 Å². The Kier molecular flexibility index (Phi) is 7.00. The first-order valence-corrected chi connectivity index (χ1v) is 11.8. The fourth-order valence-electron chi connectivity index (χ4n) is 3.02. The van der Waals surface area contributed by atoms with Crippen molar-refractivity contribution < 1.29 is 17.9 Å². The lowest BCUT2D eigenvalue weighted by Crippen LogP contribution is -2.18. The predicted molar refractivity (Wildman–Crippen MR) is 132 cm³/mol. The zero-order valence-corrected chi connectivity index (χ0v) is 18.8. The minimum absolute atomic E-state index is 0.157. The Bertz CT molecular complexity index is 1390. The zero-order valence-electron chi connectivity index (χ0n) is 18.0. The minimum Gasteiger partial charge on any atom is -0.457 e. The van der Waals surface area contributed by atoms with E-state index in [-0.39, 0.29) is 4.90 Å². The number of carbonyl (C=O) groups excluding carboxylic acids is 1. The summed E-state index contributed by atoms with van der Waals surface area (Å²) in [7, 11) is -3.70. The van der Waals surface area contributed by atoms with E-state index in [1.165, 1.54) is 42.6 Å². The van der Waals surface area contributed by atoms with Crippen LogP contribution in [0.5, 0.6) is 11.5 Å². The normalized spacial score (nSPS) is 11.2. The monoisotopic (exact) mass is 471 g/mol. The number of para-hydroxylation sites is 1. The van der Waals surface area contributed by atoms with Crippen molar-refractivity contribution in [1.82, 2.24) is 5.43 Å². The summed E-state index contributed by atoms with van der Waals surface area (Å²) in [6.45, 7) is 0. The first kappa shape index (κ1) is 22.8. The van der Waals surface area contributed by atoms with E-state index in [9.17, 15) is 13.2 Å². The first-order valence-electron chi connectivity index (χ1n) is 10.3. The van der Waals surface area contributed by atoms with Gasteiger partial charge in [0, 0.05) is 11.3 Å². The molecule has 0 aromatic heterocycles. The Morgan fingerprint density at radius 3 is 2.12 bits per heavy atom. The van der Waals surface area contributed by atoms with Crippen molar-refractivity contribution in [3.8, 4) is 11.5 Å². The molecule has 0 saturated heterocycles. The van der Waals surface area contributed by atoms with Crippen LogP contribution in [0.3, 0.4) is 0 Å². The van der Waals surface area contributed by atoms with Gasteiger partial charge in [-0.05, 0) is 66.2 Å². The standard InChI is InChI=1S/C26H21N3O4S/c30-26(21-14-16-22(17-15-21)29-34(31,32)25-12-5-2-6-13-25)28-27-19-20-8-7-11-24(18-20)33-23-9-3-1-4-10-23/h1-19,29H,(H,28,30)/b27-19+. The molecule has 0 aliphatic heterocycles. The number of sulfonamides is 1. The lowest BCUT2D eigenvalue weighted by Gasteiger charge is -2.08. The Labute approximate surface area is 197 Å². The SMILES string of the molecule is O=C(N/N=C/c1cccc(Oc2ccccc2)c1)c1ccc(NS(=O)(=O)c2ccccc2)cc1. The molecule has 34 heavy (non-hydrogen) atoms. The largest absolute Gasteiger partial charge is 0.457 e. The van der Waals surface area contributed by atoms with Gasteiger partial charge in [0.2, 0.25) is 0 Å². The second kappa shape index (κ2) is 10.5. The third kappa shape index (κ3) is 6.08. The van der Waals surface area contributed by atoms with Crippen LogP contribution in [-0.2, 0) is 10.0 Å². The highest BCUT2D eigenvalue weighted by molar-refractivity contribution is 7.92. The van der Waals surface area contributed by atoms with E-state index in [1.54, 1.807) is 24.3 Å². The van der Waals surface area contributed by atoms with Crippen molar-refractivity contribution in [2.24, 2.45) is 5.10 Å². The van der Waals surface area contributed by atoms with Crippen molar-refractivity contribution in [3.63, 3.8) is 0 Å². The highest BCUT2D eigenvalue weighted by Gasteiger charge is 2.13. The number of nitrogens with zero attached hydrogens (tertiary/aromatic N) is 1. The number of carbonyl (C=O) groups is 1. The van der Waals surface area contributed by atoms with Gasteiger partial charge in [-0.15, -0.1) is 0 Å². The molecule has 0 fully saturated rings. The van der Waals surface area contributed by atoms with Crippen LogP contribution in [0.15, 0.2) is 119 Å². The van der Waals surface area contributed by atoms with Crippen LogP contribution < -0.4 is 14.9 Å². The lowest BCUT2D eigenvalue weighted by molar-refractivity contribution is 0.0955. The van der Waals surface area contributed by atoms with Crippen LogP contribution in [0.4, 0.5) is 5.69 Å². The number of ether oxygens (including phenoxy) is 1. The summed E-state index contributed by atoms with van der Waals surface area (Å²) >= 11 is 0. The number of amides is 1. The van der Waals surface area contributed by atoms with Gasteiger partial charge in [0.05, 0.1) is 11.1 Å². The molecular formula is C26H21N3O4S. The molecule has 170 valence electrons. The molecule has 2 N–H and O–H groups in total. The number of benzene rings is 4. The summed E-state index contributed by atoms with van der Waals surface area (Å²) in [6, 6.07) is 30.8. The van der Waals surface area contributed by atoms with Crippen molar-refractivity contribution in [3.05, 3.63) is 120 Å². The van der Waals surface area contributed by atoms with E-state index in [0.717, 1.165) is 11.3 Å². The van der Waals surface area contributed by atoms with Gasteiger partial charge < -0.3 is 4.74 Å². The molecule has 4 aromatic carbocycles. The minimum atomic E-state index is -3.70. The highest BCUT2D eigenvalue weighted by Crippen LogP contribution is 2.21. The molecule has 7 nitrogen and oxygen atoms in total. The maximum absolute atomic E-state index is 12.4. The van der Waals surface area contributed by atoms with Crippen molar-refractivity contribution >= 4 is 27.8 Å². The maximum atomic E-state index is 12.4. The Balaban J connectivity index is 1.35. The second-order valence-electron chi connectivity index (χ2n) is 7.18. The lowest BCUT2D eigenvalue weighted by atomic mass is 10.2. The van der Waals surface area contributed by atoms with Crippen molar-refractivity contribution in [2.75, 3.05) is 4.72 Å². The molecule has 0 aliphatic carbocycles. The average molecular weight is 472 g/mol. The topological polar surface area (TPSA) is 96.9 Å². The first-order chi connectivity index (χ1) is 16.5. The van der Waals surface area contributed by atoms with Gasteiger partial charge in [-0.1, -0.05) is 48.5 Å². The number of nitrogens with one attached hydrogen (secondary N) is 2. The van der Waals surface area contributed by atoms with Gasteiger partial charge in [0.15, 0.2) is 0 Å². The summed E-state index contributed by atoms with van der Waals surface area (Å²) in [5.41, 5.74) is 3.89. The molecule has 0 spiro atoms. The number of rotatable bonds is 8. The van der Waals surface area contributed by atoms with Crippen LogP contribution in [0.2, 0.25) is 0 Å². The quantitative estimate of drug-likeness (QED) is 0.278. The fourth-order valence-corrected chi connectivity index (χ4v) is 4.10. The third-order valence-electron chi connectivity index (χ3n) is 4.67. The van der Waals surface area contributed by atoms with Gasteiger partial charge >= 0.3 is 0 Å². The number of hydrazone groups is 1. The molecule has 4 aromatic rings. The maximum Gasteiger partial charge on any atom is 0.271 e. The number of hydrogen-bond donors (Lipinski definition) is 2. The molecule has 1 amide bonds.